The van der Waals surface area contributed by atoms with Crippen LogP contribution in [0.2, 0.25) is 5.02 Å². The van der Waals surface area contributed by atoms with E-state index in [2.05, 4.69) is 26.1 Å². The van der Waals surface area contributed by atoms with Gasteiger partial charge in [-0.15, -0.1) is 0 Å². The third-order valence-electron chi connectivity index (χ3n) is 2.55. The molecule has 0 saturated carbocycles. The summed E-state index contributed by atoms with van der Waals surface area (Å²) >= 11 is 9.07. The third-order valence-corrected chi connectivity index (χ3v) is 3.16. The number of ether oxygens (including phenoxy) is 2. The number of benzene rings is 1. The predicted octanol–water partition coefficient (Wildman–Crippen LogP) is 3.82. The van der Waals surface area contributed by atoms with Crippen molar-refractivity contribution in [2.75, 3.05) is 6.73 Å². The van der Waals surface area contributed by atoms with Crippen LogP contribution in [0.1, 0.15) is 5.56 Å². The third kappa shape index (κ3) is 2.86. The summed E-state index contributed by atoms with van der Waals surface area (Å²) in [5.41, 5.74) is 0.827. The summed E-state index contributed by atoms with van der Waals surface area (Å²) in [5.74, 6) is 1.33. The Bertz CT molecular complexity index is 648. The first kappa shape index (κ1) is 13.2. The highest BCUT2D eigenvalue weighted by Gasteiger charge is 2.17. The van der Waals surface area contributed by atoms with E-state index in [0.717, 1.165) is 5.56 Å². The number of para-hydroxylation sites is 1. The fraction of sp³-hybridized carbons (Fsp3) is 0.0769. The van der Waals surface area contributed by atoms with Crippen LogP contribution < -0.4 is 4.74 Å². The Balaban J connectivity index is 1.90. The topological polar surface area (TPSA) is 47.5 Å². The second kappa shape index (κ2) is 5.68. The lowest BCUT2D eigenvalue weighted by atomic mass is 10.2. The molecule has 2 heterocycles. The predicted molar refractivity (Wildman–Crippen MR) is 78.3 cm³/mol. The van der Waals surface area contributed by atoms with Gasteiger partial charge < -0.3 is 9.47 Å². The van der Waals surface area contributed by atoms with Crippen molar-refractivity contribution < 1.29 is 9.47 Å². The van der Waals surface area contributed by atoms with Gasteiger partial charge in [0.2, 0.25) is 0 Å². The van der Waals surface area contributed by atoms with Crippen molar-refractivity contribution in [3.8, 4) is 11.8 Å². The van der Waals surface area contributed by atoms with Crippen LogP contribution in [0, 0.1) is 0 Å². The molecular weight excluding hydrogens is 346 g/mol. The number of hydrogen-bond acceptors (Lipinski definition) is 5. The number of nitrogens with zero attached hydrogens (tertiary/aromatic N) is 3. The highest BCUT2D eigenvalue weighted by molar-refractivity contribution is 9.07. The summed E-state index contributed by atoms with van der Waals surface area (Å²) in [6, 6.07) is 7.75. The van der Waals surface area contributed by atoms with E-state index in [1.807, 2.05) is 30.5 Å². The number of rotatable bonds is 3. The van der Waals surface area contributed by atoms with Gasteiger partial charge >= 0.3 is 6.01 Å². The molecule has 1 aliphatic heterocycles. The van der Waals surface area contributed by atoms with E-state index >= 15 is 0 Å². The van der Waals surface area contributed by atoms with E-state index in [0.29, 0.717) is 23.3 Å². The summed E-state index contributed by atoms with van der Waals surface area (Å²) < 4.78 is 13.0. The highest BCUT2D eigenvalue weighted by atomic mass is 79.9. The average Bonchev–Trinajstić information content (AvgIpc) is 2.88. The molecule has 0 bridgehead atoms. The molecule has 3 rings (SSSR count). The fourth-order valence-electron chi connectivity index (χ4n) is 1.69. The van der Waals surface area contributed by atoms with Gasteiger partial charge in [-0.2, -0.15) is 0 Å². The van der Waals surface area contributed by atoms with Crippen LogP contribution in [0.25, 0.3) is 5.76 Å². The van der Waals surface area contributed by atoms with Gasteiger partial charge in [0.25, 0.3) is 0 Å². The molecule has 0 fully saturated rings. The summed E-state index contributed by atoms with van der Waals surface area (Å²) in [4.78, 5) is 8.02. The minimum Gasteiger partial charge on any atom is -0.470 e. The van der Waals surface area contributed by atoms with Crippen LogP contribution in [-0.4, -0.2) is 20.6 Å². The van der Waals surface area contributed by atoms with E-state index < -0.39 is 0 Å². The Morgan fingerprint density at radius 3 is 2.70 bits per heavy atom. The largest absolute Gasteiger partial charge is 0.470 e. The van der Waals surface area contributed by atoms with Crippen LogP contribution in [0.4, 0.5) is 0 Å². The maximum Gasteiger partial charge on any atom is 0.321 e. The van der Waals surface area contributed by atoms with E-state index in [-0.39, 0.29) is 6.01 Å². The van der Waals surface area contributed by atoms with Gasteiger partial charge in [-0.25, -0.2) is 9.97 Å². The molecule has 5 nitrogen and oxygen atoms in total. The van der Waals surface area contributed by atoms with E-state index in [1.165, 1.54) is 12.4 Å². The van der Waals surface area contributed by atoms with E-state index in [4.69, 9.17) is 21.1 Å². The van der Waals surface area contributed by atoms with Crippen LogP contribution in [0.5, 0.6) is 11.8 Å². The Labute approximate surface area is 129 Å². The second-order valence-corrected chi connectivity index (χ2v) is 5.30. The zero-order valence-corrected chi connectivity index (χ0v) is 12.5. The van der Waals surface area contributed by atoms with Gasteiger partial charge in [-0.3, -0.25) is 3.93 Å². The van der Waals surface area contributed by atoms with Gasteiger partial charge in [0.05, 0.1) is 45.3 Å². The van der Waals surface area contributed by atoms with E-state index in [9.17, 15) is 0 Å². The molecule has 0 amide bonds. The fourth-order valence-corrected chi connectivity index (χ4v) is 2.08. The van der Waals surface area contributed by atoms with Gasteiger partial charge in [-0.1, -0.05) is 23.7 Å². The van der Waals surface area contributed by atoms with Crippen LogP contribution in [0.15, 0.2) is 42.9 Å². The normalized spacial score (nSPS) is 13.9. The first-order valence-corrected chi connectivity index (χ1v) is 6.83. The minimum atomic E-state index is 0.233. The van der Waals surface area contributed by atoms with Crippen molar-refractivity contribution in [1.29, 1.82) is 0 Å². The smallest absolute Gasteiger partial charge is 0.321 e. The zero-order chi connectivity index (χ0) is 13.9. The molecule has 0 atom stereocenters. The van der Waals surface area contributed by atoms with Crippen molar-refractivity contribution in [2.24, 2.45) is 0 Å². The standard InChI is InChI=1S/C13H9BrClN3O2/c14-18-7-12(19-8-18)10-3-1-2-4-11(10)20-13-16-5-9(15)6-17-13/h1-7H,8H2. The second-order valence-electron chi connectivity index (χ2n) is 3.95. The molecular formula is C13H9BrClN3O2. The number of aromatic nitrogens is 2. The highest BCUT2D eigenvalue weighted by Crippen LogP contribution is 2.32. The Morgan fingerprint density at radius 2 is 2.00 bits per heavy atom. The van der Waals surface area contributed by atoms with Crippen molar-refractivity contribution in [1.82, 2.24) is 13.9 Å². The van der Waals surface area contributed by atoms with Gasteiger partial charge in [0.1, 0.15) is 11.5 Å². The first-order valence-electron chi connectivity index (χ1n) is 5.74. The van der Waals surface area contributed by atoms with Gasteiger partial charge in [0, 0.05) is 0 Å². The molecule has 0 N–H and O–H groups in total. The van der Waals surface area contributed by atoms with E-state index in [1.54, 1.807) is 3.93 Å². The zero-order valence-electron chi connectivity index (χ0n) is 10.2. The summed E-state index contributed by atoms with van der Waals surface area (Å²) in [7, 11) is 0. The molecule has 0 radical (unpaired) electrons. The molecule has 0 saturated heterocycles. The Hall–Kier alpha value is -1.79. The Morgan fingerprint density at radius 1 is 1.25 bits per heavy atom. The first-order chi connectivity index (χ1) is 9.72. The number of hydrogen-bond donors (Lipinski definition) is 0. The minimum absolute atomic E-state index is 0.233. The average molecular weight is 355 g/mol. The van der Waals surface area contributed by atoms with Crippen molar-refractivity contribution in [3.05, 3.63) is 53.4 Å². The quantitative estimate of drug-likeness (QED) is 0.784. The van der Waals surface area contributed by atoms with Crippen molar-refractivity contribution in [2.45, 2.75) is 0 Å². The lowest BCUT2D eigenvalue weighted by Crippen LogP contribution is -1.98. The summed E-state index contributed by atoms with van der Waals surface area (Å²) in [6.07, 6.45) is 4.81. The van der Waals surface area contributed by atoms with Crippen LogP contribution in [-0.2, 0) is 4.74 Å². The van der Waals surface area contributed by atoms with Gasteiger partial charge in [-0.05, 0) is 12.1 Å². The molecule has 7 heteroatoms. The molecule has 1 aromatic carbocycles. The maximum atomic E-state index is 5.75. The molecule has 0 unspecified atom stereocenters. The lowest BCUT2D eigenvalue weighted by Gasteiger charge is -2.09. The molecule has 20 heavy (non-hydrogen) atoms. The van der Waals surface area contributed by atoms with Crippen LogP contribution in [0.3, 0.4) is 0 Å². The van der Waals surface area contributed by atoms with Crippen molar-refractivity contribution >= 4 is 33.5 Å². The van der Waals surface area contributed by atoms with Gasteiger partial charge in [0.15, 0.2) is 6.73 Å². The molecule has 1 aromatic heterocycles. The van der Waals surface area contributed by atoms with Crippen molar-refractivity contribution in [3.63, 3.8) is 0 Å². The lowest BCUT2D eigenvalue weighted by molar-refractivity contribution is 0.251. The Kier molecular flexibility index (Phi) is 3.75. The maximum absolute atomic E-state index is 5.75. The molecule has 1 aliphatic rings. The molecule has 0 aliphatic carbocycles. The molecule has 2 aromatic rings. The molecule has 0 spiro atoms. The summed E-state index contributed by atoms with van der Waals surface area (Å²) in [5, 5.41) is 0.461. The van der Waals surface area contributed by atoms with Crippen LogP contribution >= 0.6 is 27.7 Å². The SMILES string of the molecule is Clc1cnc(Oc2ccccc2C2=CN(Br)CO2)nc1. The monoisotopic (exact) mass is 353 g/mol. The number of halogens is 2. The molecule has 102 valence electrons. The summed E-state index contributed by atoms with van der Waals surface area (Å²) in [6.45, 7) is 0.446.